The Hall–Kier alpha value is -4.46. The minimum Gasteiger partial charge on any atom is -0.0623 e. The van der Waals surface area contributed by atoms with E-state index in [1.165, 1.54) is 66.0 Å². The summed E-state index contributed by atoms with van der Waals surface area (Å²) in [6.45, 7) is 14.5. The van der Waals surface area contributed by atoms with Gasteiger partial charge in [-0.15, -0.1) is 0 Å². The fraction of sp³-hybridized carbons (Fsp3) is 0.217. The highest BCUT2D eigenvalue weighted by Gasteiger charge is 2.50. The van der Waals surface area contributed by atoms with E-state index >= 15 is 0 Å². The van der Waals surface area contributed by atoms with Crippen molar-refractivity contribution in [3.05, 3.63) is 167 Å². The first-order valence-corrected chi connectivity index (χ1v) is 19.2. The summed E-state index contributed by atoms with van der Waals surface area (Å²) in [6, 6.07) is 51.5. The minimum atomic E-state index is -3.00. The van der Waals surface area contributed by atoms with E-state index in [4.69, 9.17) is 0 Å². The summed E-state index contributed by atoms with van der Waals surface area (Å²) in [6.07, 6.45) is 1.94. The first-order chi connectivity index (χ1) is 22.6. The van der Waals surface area contributed by atoms with Gasteiger partial charge in [-0.1, -0.05) is 175 Å². The van der Waals surface area contributed by atoms with Crippen LogP contribution in [0.5, 0.6) is 0 Å². The quantitative estimate of drug-likeness (QED) is 0.136. The van der Waals surface area contributed by atoms with Crippen molar-refractivity contribution in [1.29, 1.82) is 0 Å². The molecule has 0 bridgehead atoms. The molecule has 0 nitrogen and oxygen atoms in total. The zero-order valence-corrected chi connectivity index (χ0v) is 29.6. The summed E-state index contributed by atoms with van der Waals surface area (Å²) >= 11 is 0. The van der Waals surface area contributed by atoms with Gasteiger partial charge in [0, 0.05) is 0 Å². The molecular weight excluding hydrogens is 581 g/mol. The van der Waals surface area contributed by atoms with Gasteiger partial charge < -0.3 is 0 Å². The molecule has 47 heavy (non-hydrogen) atoms. The normalized spacial score (nSPS) is 13.6. The molecular formula is C46H44Si. The molecule has 0 aromatic heterocycles. The maximum Gasteiger partial charge on any atom is 0.180 e. The summed E-state index contributed by atoms with van der Waals surface area (Å²) in [4.78, 5) is 0. The fourth-order valence-corrected chi connectivity index (χ4v) is 15.0. The Bertz CT molecular complexity index is 1980. The molecule has 0 atom stereocenters. The third-order valence-corrected chi connectivity index (χ3v) is 15.8. The van der Waals surface area contributed by atoms with Gasteiger partial charge in [0.1, 0.15) is 0 Å². The second-order valence-electron chi connectivity index (χ2n) is 15.7. The van der Waals surface area contributed by atoms with Gasteiger partial charge >= 0.3 is 0 Å². The van der Waals surface area contributed by atoms with Crippen LogP contribution in [0.3, 0.4) is 0 Å². The predicted octanol–water partition coefficient (Wildman–Crippen LogP) is 8.80. The minimum absolute atomic E-state index is 0.0518. The van der Waals surface area contributed by atoms with Crippen LogP contribution in [-0.2, 0) is 23.7 Å². The van der Waals surface area contributed by atoms with Crippen LogP contribution >= 0.6 is 0 Å². The van der Waals surface area contributed by atoms with Gasteiger partial charge in [0.2, 0.25) is 0 Å². The van der Waals surface area contributed by atoms with Gasteiger partial charge in [-0.3, -0.25) is 0 Å². The standard InChI is InChI=1S/C46H44Si/c1-45(2,3)41-27-25-37-35-23-15-13-17-31(35)29-39(37)43(41)47(33-19-9-7-10-20-33,34-21-11-8-12-22-34)44-40-30-32-18-14-16-24-36(32)38(40)26-28-42(44)46(4,5)6/h7-28H,29-30H2,1-6H3. The van der Waals surface area contributed by atoms with E-state index in [0.29, 0.717) is 0 Å². The highest BCUT2D eigenvalue weighted by molar-refractivity contribution is 7.20. The monoisotopic (exact) mass is 624 g/mol. The maximum atomic E-state index is 2.50. The van der Waals surface area contributed by atoms with Crippen LogP contribution in [0.15, 0.2) is 133 Å². The van der Waals surface area contributed by atoms with E-state index in [9.17, 15) is 0 Å². The van der Waals surface area contributed by atoms with Gasteiger partial charge in [0.15, 0.2) is 8.07 Å². The molecule has 0 spiro atoms. The number of benzene rings is 6. The average Bonchev–Trinajstić information content (AvgIpc) is 3.64. The van der Waals surface area contributed by atoms with E-state index in [1.807, 2.05) is 0 Å². The van der Waals surface area contributed by atoms with Crippen molar-refractivity contribution in [3.8, 4) is 22.3 Å². The molecule has 0 saturated heterocycles. The molecule has 0 fully saturated rings. The smallest absolute Gasteiger partial charge is 0.0623 e. The van der Waals surface area contributed by atoms with Crippen LogP contribution in [0, 0.1) is 0 Å². The van der Waals surface area contributed by atoms with Gasteiger partial charge in [-0.05, 0) is 100 Å². The zero-order valence-electron chi connectivity index (χ0n) is 28.6. The first kappa shape index (κ1) is 29.9. The molecule has 0 amide bonds. The van der Waals surface area contributed by atoms with E-state index < -0.39 is 8.07 Å². The van der Waals surface area contributed by atoms with Crippen molar-refractivity contribution in [2.75, 3.05) is 0 Å². The highest BCUT2D eigenvalue weighted by atomic mass is 28.3. The second kappa shape index (κ2) is 10.8. The molecule has 2 aliphatic rings. The average molecular weight is 625 g/mol. The number of hydrogen-bond donors (Lipinski definition) is 0. The van der Waals surface area contributed by atoms with Crippen molar-refractivity contribution < 1.29 is 0 Å². The summed E-state index contributed by atoms with van der Waals surface area (Å²) in [5, 5.41) is 6.14. The lowest BCUT2D eigenvalue weighted by Gasteiger charge is -2.43. The molecule has 232 valence electrons. The predicted molar refractivity (Wildman–Crippen MR) is 204 cm³/mol. The summed E-state index contributed by atoms with van der Waals surface area (Å²) in [5.74, 6) is 0. The van der Waals surface area contributed by atoms with Gasteiger partial charge in [-0.25, -0.2) is 0 Å². The van der Waals surface area contributed by atoms with E-state index in [1.54, 1.807) is 10.4 Å². The van der Waals surface area contributed by atoms with Crippen LogP contribution in [0.25, 0.3) is 22.3 Å². The molecule has 2 aliphatic carbocycles. The van der Waals surface area contributed by atoms with Crippen molar-refractivity contribution in [2.24, 2.45) is 0 Å². The second-order valence-corrected chi connectivity index (χ2v) is 19.3. The van der Waals surface area contributed by atoms with Gasteiger partial charge in [0.05, 0.1) is 0 Å². The Labute approximate surface area is 282 Å². The lowest BCUT2D eigenvalue weighted by molar-refractivity contribution is 0.592. The van der Waals surface area contributed by atoms with Crippen LogP contribution < -0.4 is 20.7 Å². The Morgan fingerprint density at radius 3 is 1.13 bits per heavy atom. The third kappa shape index (κ3) is 4.54. The molecule has 0 N–H and O–H groups in total. The Morgan fingerprint density at radius 2 is 0.745 bits per heavy atom. The SMILES string of the molecule is CC(C)(C)c1ccc2c(c1[Si](c1ccccc1)(c1ccccc1)c1c(C(C)(C)C)ccc3c1Cc1ccccc1-3)Cc1ccccc1-2. The van der Waals surface area contributed by atoms with Crippen LogP contribution in [0.2, 0.25) is 0 Å². The molecule has 0 heterocycles. The van der Waals surface area contributed by atoms with Gasteiger partial charge in [-0.2, -0.15) is 0 Å². The largest absolute Gasteiger partial charge is 0.180 e. The summed E-state index contributed by atoms with van der Waals surface area (Å²) in [5.41, 5.74) is 14.4. The van der Waals surface area contributed by atoms with Crippen molar-refractivity contribution >= 4 is 28.8 Å². The molecule has 6 aromatic carbocycles. The highest BCUT2D eigenvalue weighted by Crippen LogP contribution is 2.42. The van der Waals surface area contributed by atoms with Crippen molar-refractivity contribution in [3.63, 3.8) is 0 Å². The van der Waals surface area contributed by atoms with Crippen molar-refractivity contribution in [2.45, 2.75) is 65.2 Å². The van der Waals surface area contributed by atoms with Crippen LogP contribution in [0.1, 0.15) is 74.9 Å². The molecule has 0 saturated carbocycles. The van der Waals surface area contributed by atoms with E-state index in [0.717, 1.165) is 12.8 Å². The molecule has 0 unspecified atom stereocenters. The molecule has 8 rings (SSSR count). The fourth-order valence-electron chi connectivity index (χ4n) is 8.77. The summed E-state index contributed by atoms with van der Waals surface area (Å²) < 4.78 is 0. The molecule has 6 aromatic rings. The Kier molecular flexibility index (Phi) is 6.87. The number of hydrogen-bond acceptors (Lipinski definition) is 0. The van der Waals surface area contributed by atoms with Crippen molar-refractivity contribution in [1.82, 2.24) is 0 Å². The third-order valence-electron chi connectivity index (χ3n) is 10.8. The molecule has 0 aliphatic heterocycles. The first-order valence-electron chi connectivity index (χ1n) is 17.2. The lowest BCUT2D eigenvalue weighted by atomic mass is 9.84. The van der Waals surface area contributed by atoms with Gasteiger partial charge in [0.25, 0.3) is 0 Å². The summed E-state index contributed by atoms with van der Waals surface area (Å²) in [7, 11) is -3.00. The molecule has 0 radical (unpaired) electrons. The molecule has 1 heteroatoms. The van der Waals surface area contributed by atoms with Crippen LogP contribution in [-0.4, -0.2) is 8.07 Å². The zero-order chi connectivity index (χ0) is 32.6. The van der Waals surface area contributed by atoms with Crippen LogP contribution in [0.4, 0.5) is 0 Å². The topological polar surface area (TPSA) is 0 Å². The lowest BCUT2D eigenvalue weighted by Crippen LogP contribution is -2.78. The number of fused-ring (bicyclic) bond motifs is 6. The maximum absolute atomic E-state index is 3.00. The Balaban J connectivity index is 1.64. The Morgan fingerprint density at radius 1 is 0.383 bits per heavy atom. The van der Waals surface area contributed by atoms with E-state index in [2.05, 4.69) is 175 Å². The van der Waals surface area contributed by atoms with E-state index in [-0.39, 0.29) is 10.8 Å². The number of rotatable bonds is 4.